The summed E-state index contributed by atoms with van der Waals surface area (Å²) in [7, 11) is 0. The van der Waals surface area contributed by atoms with E-state index >= 15 is 0 Å². The number of ether oxygens (including phenoxy) is 1. The maximum atomic E-state index is 12.6. The van der Waals surface area contributed by atoms with E-state index in [1.54, 1.807) is 0 Å². The largest absolute Gasteiger partial charge is 0.457 e. The minimum atomic E-state index is -0.431. The number of hydrogen-bond acceptors (Lipinski definition) is 4. The topological polar surface area (TPSA) is 61.2 Å². The van der Waals surface area contributed by atoms with Crippen LogP contribution in [0, 0.1) is 34.6 Å². The van der Waals surface area contributed by atoms with Crippen molar-refractivity contribution in [2.75, 3.05) is 6.61 Å². The van der Waals surface area contributed by atoms with Gasteiger partial charge in [-0.1, -0.05) is 35.9 Å². The van der Waals surface area contributed by atoms with Gasteiger partial charge in [-0.25, -0.2) is 4.68 Å². The van der Waals surface area contributed by atoms with Crippen LogP contribution in [-0.2, 0) is 16.0 Å². The number of benzene rings is 2. The Bertz CT molecular complexity index is 1040. The van der Waals surface area contributed by atoms with E-state index in [9.17, 15) is 9.59 Å². The normalized spacial score (nSPS) is 10.8. The molecular formula is C24H26N2O3. The fourth-order valence-electron chi connectivity index (χ4n) is 3.78. The average Bonchev–Trinajstić information content (AvgIpc) is 2.94. The first-order valence-corrected chi connectivity index (χ1v) is 9.65. The van der Waals surface area contributed by atoms with E-state index in [1.165, 1.54) is 0 Å². The smallest absolute Gasteiger partial charge is 0.310 e. The molecule has 0 atom stereocenters. The second-order valence-corrected chi connectivity index (χ2v) is 7.43. The van der Waals surface area contributed by atoms with E-state index in [0.717, 1.165) is 39.3 Å². The maximum Gasteiger partial charge on any atom is 0.310 e. The molecule has 5 nitrogen and oxygen atoms in total. The van der Waals surface area contributed by atoms with E-state index in [2.05, 4.69) is 5.10 Å². The number of aromatic nitrogens is 2. The lowest BCUT2D eigenvalue weighted by Gasteiger charge is -2.11. The van der Waals surface area contributed by atoms with E-state index in [0.29, 0.717) is 5.56 Å². The summed E-state index contributed by atoms with van der Waals surface area (Å²) < 4.78 is 7.12. The second-order valence-electron chi connectivity index (χ2n) is 7.43. The zero-order valence-corrected chi connectivity index (χ0v) is 17.6. The van der Waals surface area contributed by atoms with Crippen LogP contribution in [0.4, 0.5) is 0 Å². The van der Waals surface area contributed by atoms with Crippen LogP contribution in [0.25, 0.3) is 5.69 Å². The van der Waals surface area contributed by atoms with Crippen molar-refractivity contribution in [3.05, 3.63) is 81.7 Å². The van der Waals surface area contributed by atoms with Gasteiger partial charge in [-0.15, -0.1) is 0 Å². The van der Waals surface area contributed by atoms with Crippen molar-refractivity contribution in [1.82, 2.24) is 9.78 Å². The van der Waals surface area contributed by atoms with Gasteiger partial charge in [-0.05, 0) is 57.9 Å². The maximum absolute atomic E-state index is 12.6. The zero-order chi connectivity index (χ0) is 21.1. The lowest BCUT2D eigenvalue weighted by atomic mass is 9.97. The van der Waals surface area contributed by atoms with Gasteiger partial charge in [0.1, 0.15) is 0 Å². The lowest BCUT2D eigenvalue weighted by Crippen LogP contribution is -2.18. The first-order chi connectivity index (χ1) is 13.8. The Morgan fingerprint density at radius 2 is 1.59 bits per heavy atom. The van der Waals surface area contributed by atoms with Crippen LogP contribution in [0.2, 0.25) is 0 Å². The predicted octanol–water partition coefficient (Wildman–Crippen LogP) is 4.38. The van der Waals surface area contributed by atoms with Crippen molar-refractivity contribution in [3.8, 4) is 5.69 Å². The molecule has 0 aliphatic heterocycles. The Hall–Kier alpha value is -3.21. The number of carbonyl (C=O) groups excluding carboxylic acids is 2. The highest BCUT2D eigenvalue weighted by Gasteiger charge is 2.19. The van der Waals surface area contributed by atoms with Gasteiger partial charge in [0.25, 0.3) is 0 Å². The van der Waals surface area contributed by atoms with E-state index in [1.807, 2.05) is 81.8 Å². The number of para-hydroxylation sites is 1. The summed E-state index contributed by atoms with van der Waals surface area (Å²) in [6.07, 6.45) is 0.0869. The van der Waals surface area contributed by atoms with Crippen LogP contribution < -0.4 is 0 Å². The van der Waals surface area contributed by atoms with Crippen LogP contribution in [0.15, 0.2) is 42.5 Å². The number of aryl methyl sites for hydroxylation is 4. The summed E-state index contributed by atoms with van der Waals surface area (Å²) in [6, 6.07) is 13.7. The molecule has 0 amide bonds. The van der Waals surface area contributed by atoms with Crippen LogP contribution in [-0.4, -0.2) is 28.1 Å². The highest BCUT2D eigenvalue weighted by atomic mass is 16.5. The fraction of sp³-hybridized carbons (Fsp3) is 0.292. The van der Waals surface area contributed by atoms with Crippen molar-refractivity contribution in [3.63, 3.8) is 0 Å². The van der Waals surface area contributed by atoms with E-state index < -0.39 is 5.97 Å². The molecule has 0 fully saturated rings. The zero-order valence-electron chi connectivity index (χ0n) is 17.6. The fourth-order valence-corrected chi connectivity index (χ4v) is 3.78. The molecule has 3 rings (SSSR count). The molecule has 0 N–H and O–H groups in total. The first kappa shape index (κ1) is 20.5. The Kier molecular flexibility index (Phi) is 5.97. The van der Waals surface area contributed by atoms with Gasteiger partial charge in [0.2, 0.25) is 5.78 Å². The van der Waals surface area contributed by atoms with Crippen molar-refractivity contribution < 1.29 is 14.3 Å². The third-order valence-corrected chi connectivity index (χ3v) is 5.08. The molecular weight excluding hydrogens is 364 g/mol. The lowest BCUT2D eigenvalue weighted by molar-refractivity contribution is -0.141. The van der Waals surface area contributed by atoms with Gasteiger partial charge in [0.05, 0.1) is 17.8 Å². The number of nitrogens with zero attached hydrogens (tertiary/aromatic N) is 2. The molecule has 0 aliphatic rings. The first-order valence-electron chi connectivity index (χ1n) is 9.65. The summed E-state index contributed by atoms with van der Waals surface area (Å²) in [6.45, 7) is 9.35. The molecule has 0 saturated heterocycles. The molecule has 1 heterocycles. The quantitative estimate of drug-likeness (QED) is 0.463. The van der Waals surface area contributed by atoms with Gasteiger partial charge in [-0.2, -0.15) is 5.10 Å². The van der Waals surface area contributed by atoms with Crippen LogP contribution >= 0.6 is 0 Å². The van der Waals surface area contributed by atoms with Gasteiger partial charge in [0.15, 0.2) is 6.61 Å². The Morgan fingerprint density at radius 1 is 0.966 bits per heavy atom. The summed E-state index contributed by atoms with van der Waals surface area (Å²) in [4.78, 5) is 25.0. The third-order valence-electron chi connectivity index (χ3n) is 5.08. The summed E-state index contributed by atoms with van der Waals surface area (Å²) >= 11 is 0. The standard InChI is InChI=1S/C24H26N2O3/c1-15-11-16(2)24(17(3)12-15)22(27)14-29-23(28)13-21-18(4)25-26(19(21)5)20-9-7-6-8-10-20/h6-12H,13-14H2,1-5H3. The number of esters is 1. The van der Waals surface area contributed by atoms with Crippen molar-refractivity contribution in [1.29, 1.82) is 0 Å². The van der Waals surface area contributed by atoms with E-state index in [4.69, 9.17) is 4.74 Å². The van der Waals surface area contributed by atoms with Crippen LogP contribution in [0.5, 0.6) is 0 Å². The molecule has 0 unspecified atom stereocenters. The number of Topliss-reactive ketones (excluding diaryl/α,β-unsaturated/α-hetero) is 1. The average molecular weight is 390 g/mol. The monoisotopic (exact) mass is 390 g/mol. The molecule has 5 heteroatoms. The summed E-state index contributed by atoms with van der Waals surface area (Å²) in [5.41, 5.74) is 6.98. The SMILES string of the molecule is Cc1cc(C)c(C(=O)COC(=O)Cc2c(C)nn(-c3ccccc3)c2C)c(C)c1. The minimum Gasteiger partial charge on any atom is -0.457 e. The van der Waals surface area contributed by atoms with Crippen LogP contribution in [0.1, 0.15) is 44.0 Å². The van der Waals surface area contributed by atoms with E-state index in [-0.39, 0.29) is 18.8 Å². The molecule has 2 aromatic carbocycles. The van der Waals surface area contributed by atoms with Crippen molar-refractivity contribution in [2.24, 2.45) is 0 Å². The van der Waals surface area contributed by atoms with Gasteiger partial charge in [-0.3, -0.25) is 9.59 Å². The summed E-state index contributed by atoms with van der Waals surface area (Å²) in [5.74, 6) is -0.610. The molecule has 0 spiro atoms. The van der Waals surface area contributed by atoms with Crippen LogP contribution in [0.3, 0.4) is 0 Å². The molecule has 29 heavy (non-hydrogen) atoms. The van der Waals surface area contributed by atoms with Gasteiger partial charge in [0, 0.05) is 16.8 Å². The molecule has 0 bridgehead atoms. The number of carbonyl (C=O) groups is 2. The second kappa shape index (κ2) is 8.43. The number of hydrogen-bond donors (Lipinski definition) is 0. The highest BCUT2D eigenvalue weighted by Crippen LogP contribution is 2.20. The highest BCUT2D eigenvalue weighted by molar-refractivity contribution is 6.00. The third kappa shape index (κ3) is 4.45. The molecule has 0 aliphatic carbocycles. The van der Waals surface area contributed by atoms with Gasteiger partial charge < -0.3 is 4.74 Å². The summed E-state index contributed by atoms with van der Waals surface area (Å²) in [5, 5.41) is 4.55. The molecule has 0 radical (unpaired) electrons. The van der Waals surface area contributed by atoms with Crippen molar-refractivity contribution >= 4 is 11.8 Å². The number of ketones is 1. The minimum absolute atomic E-state index is 0.0869. The van der Waals surface area contributed by atoms with Crippen molar-refractivity contribution in [2.45, 2.75) is 41.0 Å². The molecule has 0 saturated carbocycles. The Balaban J connectivity index is 1.69. The Morgan fingerprint density at radius 3 is 2.21 bits per heavy atom. The molecule has 1 aromatic heterocycles. The number of rotatable bonds is 6. The van der Waals surface area contributed by atoms with Gasteiger partial charge >= 0.3 is 5.97 Å². The predicted molar refractivity (Wildman–Crippen MR) is 113 cm³/mol. The Labute approximate surface area is 171 Å². The molecule has 3 aromatic rings. The molecule has 150 valence electrons.